The number of nitrogens with two attached hydrogens (primary N) is 1. The third kappa shape index (κ3) is 3.83. The van der Waals surface area contributed by atoms with Gasteiger partial charge in [0, 0.05) is 4.47 Å². The van der Waals surface area contributed by atoms with Gasteiger partial charge in [-0.1, -0.05) is 30.6 Å². The SMILES string of the molecule is CC(C)C(C(=O)Nc1c(Cl)cc(F)cc1Br)C(N)=NO. The monoisotopic (exact) mass is 365 g/mol. The Bertz CT molecular complexity index is 528. The topological polar surface area (TPSA) is 87.7 Å². The average Bonchev–Trinajstić information content (AvgIpc) is 2.33. The van der Waals surface area contributed by atoms with E-state index in [4.69, 9.17) is 22.5 Å². The molecular weight excluding hydrogens is 353 g/mol. The smallest absolute Gasteiger partial charge is 0.235 e. The number of nitrogens with zero attached hydrogens (tertiary/aromatic N) is 1. The second-order valence-electron chi connectivity index (χ2n) is 4.48. The fourth-order valence-electron chi connectivity index (χ4n) is 1.70. The van der Waals surface area contributed by atoms with Crippen LogP contribution in [0.1, 0.15) is 13.8 Å². The third-order valence-corrected chi connectivity index (χ3v) is 3.56. The summed E-state index contributed by atoms with van der Waals surface area (Å²) in [5, 5.41) is 14.2. The average molecular weight is 367 g/mol. The highest BCUT2D eigenvalue weighted by molar-refractivity contribution is 9.10. The van der Waals surface area contributed by atoms with Crippen LogP contribution in [-0.2, 0) is 4.79 Å². The molecule has 4 N–H and O–H groups in total. The normalized spacial score (nSPS) is 13.4. The van der Waals surface area contributed by atoms with E-state index in [1.807, 2.05) is 0 Å². The Labute approximate surface area is 129 Å². The van der Waals surface area contributed by atoms with Crippen molar-refractivity contribution in [3.05, 3.63) is 27.4 Å². The molecular formula is C12H14BrClFN3O2. The van der Waals surface area contributed by atoms with E-state index in [0.717, 1.165) is 6.07 Å². The zero-order valence-electron chi connectivity index (χ0n) is 10.8. The lowest BCUT2D eigenvalue weighted by molar-refractivity contribution is -0.119. The lowest BCUT2D eigenvalue weighted by Gasteiger charge is -2.19. The van der Waals surface area contributed by atoms with Crippen molar-refractivity contribution in [1.82, 2.24) is 0 Å². The maximum Gasteiger partial charge on any atom is 0.235 e. The first kappa shape index (κ1) is 16.7. The molecule has 0 saturated carbocycles. The van der Waals surface area contributed by atoms with E-state index in [1.165, 1.54) is 6.07 Å². The van der Waals surface area contributed by atoms with Gasteiger partial charge in [-0.05, 0) is 34.0 Å². The molecule has 0 aliphatic rings. The van der Waals surface area contributed by atoms with Crippen LogP contribution in [0.4, 0.5) is 10.1 Å². The van der Waals surface area contributed by atoms with Crippen molar-refractivity contribution in [2.45, 2.75) is 13.8 Å². The second-order valence-corrected chi connectivity index (χ2v) is 5.74. The summed E-state index contributed by atoms with van der Waals surface area (Å²) in [6.07, 6.45) is 0. The first-order valence-electron chi connectivity index (χ1n) is 5.70. The maximum absolute atomic E-state index is 13.1. The molecule has 0 aliphatic heterocycles. The molecule has 5 nitrogen and oxygen atoms in total. The molecule has 0 fully saturated rings. The first-order chi connectivity index (χ1) is 9.27. The molecule has 1 rings (SSSR count). The molecule has 110 valence electrons. The molecule has 0 aliphatic carbocycles. The number of rotatable bonds is 4. The molecule has 1 amide bonds. The summed E-state index contributed by atoms with van der Waals surface area (Å²) in [5.74, 6) is -2.25. The lowest BCUT2D eigenvalue weighted by Crippen LogP contribution is -2.38. The summed E-state index contributed by atoms with van der Waals surface area (Å²) in [4.78, 5) is 12.2. The maximum atomic E-state index is 13.1. The third-order valence-electron chi connectivity index (χ3n) is 2.64. The number of nitrogens with one attached hydrogen (secondary N) is 1. The minimum atomic E-state index is -0.826. The summed E-state index contributed by atoms with van der Waals surface area (Å²) in [7, 11) is 0. The number of halogens is 3. The molecule has 8 heteroatoms. The Morgan fingerprint density at radius 2 is 2.15 bits per heavy atom. The summed E-state index contributed by atoms with van der Waals surface area (Å²) >= 11 is 9.00. The highest BCUT2D eigenvalue weighted by Crippen LogP contribution is 2.32. The van der Waals surface area contributed by atoms with Gasteiger partial charge >= 0.3 is 0 Å². The molecule has 0 bridgehead atoms. The van der Waals surface area contributed by atoms with Crippen LogP contribution >= 0.6 is 27.5 Å². The van der Waals surface area contributed by atoms with Crippen molar-refractivity contribution in [1.29, 1.82) is 0 Å². The van der Waals surface area contributed by atoms with Crippen LogP contribution in [0.15, 0.2) is 21.8 Å². The van der Waals surface area contributed by atoms with E-state index in [2.05, 4.69) is 26.4 Å². The van der Waals surface area contributed by atoms with Gasteiger partial charge in [0.1, 0.15) is 11.7 Å². The molecule has 1 aromatic rings. The number of anilines is 1. The second kappa shape index (κ2) is 6.90. The van der Waals surface area contributed by atoms with Gasteiger partial charge in [0.2, 0.25) is 5.91 Å². The molecule has 0 heterocycles. The summed E-state index contributed by atoms with van der Waals surface area (Å²) < 4.78 is 13.4. The van der Waals surface area contributed by atoms with Gasteiger partial charge in [0.05, 0.1) is 10.7 Å². The van der Waals surface area contributed by atoms with Gasteiger partial charge in [0.25, 0.3) is 0 Å². The zero-order valence-corrected chi connectivity index (χ0v) is 13.2. The quantitative estimate of drug-likeness (QED) is 0.331. The Kier molecular flexibility index (Phi) is 5.76. The molecule has 0 radical (unpaired) electrons. The van der Waals surface area contributed by atoms with Crippen molar-refractivity contribution in [3.63, 3.8) is 0 Å². The van der Waals surface area contributed by atoms with Gasteiger partial charge in [-0.25, -0.2) is 4.39 Å². The number of carbonyl (C=O) groups is 1. The lowest BCUT2D eigenvalue weighted by atomic mass is 9.94. The van der Waals surface area contributed by atoms with Crippen LogP contribution in [0.2, 0.25) is 5.02 Å². The number of oxime groups is 1. The highest BCUT2D eigenvalue weighted by atomic mass is 79.9. The molecule has 0 aromatic heterocycles. The Balaban J connectivity index is 3.06. The Hall–Kier alpha value is -1.34. The van der Waals surface area contributed by atoms with Crippen LogP contribution in [0.3, 0.4) is 0 Å². The largest absolute Gasteiger partial charge is 0.409 e. The van der Waals surface area contributed by atoms with Gasteiger partial charge < -0.3 is 16.3 Å². The number of hydrogen-bond acceptors (Lipinski definition) is 3. The predicted octanol–water partition coefficient (Wildman–Crippen LogP) is 3.20. The highest BCUT2D eigenvalue weighted by Gasteiger charge is 2.27. The van der Waals surface area contributed by atoms with Crippen molar-refractivity contribution >= 4 is 45.0 Å². The van der Waals surface area contributed by atoms with E-state index < -0.39 is 17.6 Å². The minimum Gasteiger partial charge on any atom is -0.409 e. The zero-order chi connectivity index (χ0) is 15.4. The van der Waals surface area contributed by atoms with Crippen molar-refractivity contribution in [2.24, 2.45) is 22.7 Å². The fraction of sp³-hybridized carbons (Fsp3) is 0.333. The van der Waals surface area contributed by atoms with Crippen LogP contribution < -0.4 is 11.1 Å². The van der Waals surface area contributed by atoms with Crippen molar-refractivity contribution in [3.8, 4) is 0 Å². The minimum absolute atomic E-state index is 0.0484. The van der Waals surface area contributed by atoms with E-state index in [1.54, 1.807) is 13.8 Å². The van der Waals surface area contributed by atoms with Crippen molar-refractivity contribution < 1.29 is 14.4 Å². The predicted molar refractivity (Wildman–Crippen MR) is 79.5 cm³/mol. The van der Waals surface area contributed by atoms with Gasteiger partial charge in [-0.15, -0.1) is 0 Å². The van der Waals surface area contributed by atoms with Crippen molar-refractivity contribution in [2.75, 3.05) is 5.32 Å². The molecule has 20 heavy (non-hydrogen) atoms. The van der Waals surface area contributed by atoms with Gasteiger partial charge in [-0.3, -0.25) is 4.79 Å². The molecule has 1 aromatic carbocycles. The van der Waals surface area contributed by atoms with Crippen LogP contribution in [0.25, 0.3) is 0 Å². The number of amides is 1. The van der Waals surface area contributed by atoms with E-state index in [-0.39, 0.29) is 22.5 Å². The Morgan fingerprint density at radius 3 is 2.60 bits per heavy atom. The number of carbonyl (C=O) groups excluding carboxylic acids is 1. The Morgan fingerprint density at radius 1 is 1.55 bits per heavy atom. The standard InChI is InChI=1S/C12H14BrClFN3O2/c1-5(2)9(11(16)18-20)12(19)17-10-7(13)3-6(15)4-8(10)14/h3-5,9,20H,1-2H3,(H2,16,18)(H,17,19). The number of hydrogen-bond donors (Lipinski definition) is 3. The van der Waals surface area contributed by atoms with E-state index in [9.17, 15) is 9.18 Å². The van der Waals surface area contributed by atoms with E-state index in [0.29, 0.717) is 4.47 Å². The van der Waals surface area contributed by atoms with Crippen LogP contribution in [0, 0.1) is 17.7 Å². The molecule has 1 atom stereocenters. The first-order valence-corrected chi connectivity index (χ1v) is 6.87. The summed E-state index contributed by atoms with van der Waals surface area (Å²) in [5.41, 5.74) is 5.74. The number of amidine groups is 1. The van der Waals surface area contributed by atoms with Crippen LogP contribution in [0.5, 0.6) is 0 Å². The van der Waals surface area contributed by atoms with Crippen LogP contribution in [-0.4, -0.2) is 17.0 Å². The summed E-state index contributed by atoms with van der Waals surface area (Å²) in [6.45, 7) is 3.51. The molecule has 0 saturated heterocycles. The molecule has 0 spiro atoms. The van der Waals surface area contributed by atoms with Gasteiger partial charge in [0.15, 0.2) is 5.84 Å². The molecule has 1 unspecified atom stereocenters. The summed E-state index contributed by atoms with van der Waals surface area (Å²) in [6, 6.07) is 2.26. The van der Waals surface area contributed by atoms with Gasteiger partial charge in [-0.2, -0.15) is 0 Å². The van der Waals surface area contributed by atoms with E-state index >= 15 is 0 Å². The number of benzene rings is 1. The fourth-order valence-corrected chi connectivity index (χ4v) is 2.60.